The predicted molar refractivity (Wildman–Crippen MR) is 75.5 cm³/mol. The smallest absolute Gasteiger partial charge is 0.160 e. The van der Waals surface area contributed by atoms with Gasteiger partial charge in [0.2, 0.25) is 0 Å². The number of carbonyl (C=O) groups is 1. The number of Topliss-reactive ketones (excluding diaryl/α,β-unsaturated/α-hetero) is 1. The molecule has 0 spiro atoms. The van der Waals surface area contributed by atoms with E-state index in [1.54, 1.807) is 13.0 Å². The Bertz CT molecular complexity index is 626. The standard InChI is InChI=1S/C15H16ClNO/c1-9(18)11-8-13(15(2,3)4)17-14-10(11)6-5-7-12(14)16/h5-8H,1-4H3. The maximum atomic E-state index is 11.8. The number of hydrogen-bond acceptors (Lipinski definition) is 2. The van der Waals surface area contributed by atoms with Gasteiger partial charge >= 0.3 is 0 Å². The van der Waals surface area contributed by atoms with Crippen LogP contribution in [0.4, 0.5) is 0 Å². The van der Waals surface area contributed by atoms with Crippen LogP contribution in [0.15, 0.2) is 24.3 Å². The van der Waals surface area contributed by atoms with Crippen LogP contribution in [-0.4, -0.2) is 10.8 Å². The molecule has 1 heterocycles. The lowest BCUT2D eigenvalue weighted by Crippen LogP contribution is -2.15. The van der Waals surface area contributed by atoms with Crippen LogP contribution in [-0.2, 0) is 5.41 Å². The van der Waals surface area contributed by atoms with E-state index < -0.39 is 0 Å². The van der Waals surface area contributed by atoms with Crippen LogP contribution >= 0.6 is 11.6 Å². The second kappa shape index (κ2) is 4.36. The number of carbonyl (C=O) groups excluding carboxylic acids is 1. The average molecular weight is 262 g/mol. The van der Waals surface area contributed by atoms with E-state index in [-0.39, 0.29) is 11.2 Å². The summed E-state index contributed by atoms with van der Waals surface area (Å²) in [7, 11) is 0. The van der Waals surface area contributed by atoms with Crippen LogP contribution in [0.5, 0.6) is 0 Å². The maximum Gasteiger partial charge on any atom is 0.160 e. The van der Waals surface area contributed by atoms with Gasteiger partial charge in [0.1, 0.15) is 0 Å². The molecule has 0 saturated carbocycles. The molecule has 1 aromatic carbocycles. The normalized spacial score (nSPS) is 11.8. The highest BCUT2D eigenvalue weighted by molar-refractivity contribution is 6.35. The molecule has 2 nitrogen and oxygen atoms in total. The zero-order valence-electron chi connectivity index (χ0n) is 11.0. The van der Waals surface area contributed by atoms with E-state index >= 15 is 0 Å². The molecule has 1 aromatic heterocycles. The molecule has 2 rings (SSSR count). The first-order valence-electron chi connectivity index (χ1n) is 5.91. The van der Waals surface area contributed by atoms with Gasteiger partial charge in [0.15, 0.2) is 5.78 Å². The van der Waals surface area contributed by atoms with Crippen molar-refractivity contribution >= 4 is 28.3 Å². The highest BCUT2D eigenvalue weighted by Crippen LogP contribution is 2.29. The Morgan fingerprint density at radius 3 is 2.50 bits per heavy atom. The van der Waals surface area contributed by atoms with Crippen LogP contribution in [0.3, 0.4) is 0 Å². The largest absolute Gasteiger partial charge is 0.294 e. The number of rotatable bonds is 1. The zero-order chi connectivity index (χ0) is 13.5. The Morgan fingerprint density at radius 1 is 1.28 bits per heavy atom. The number of fused-ring (bicyclic) bond motifs is 1. The van der Waals surface area contributed by atoms with Crippen LogP contribution in [0.2, 0.25) is 5.02 Å². The van der Waals surface area contributed by atoms with Crippen LogP contribution in [0.1, 0.15) is 43.7 Å². The first-order chi connectivity index (χ1) is 8.30. The van der Waals surface area contributed by atoms with Crippen molar-refractivity contribution in [1.29, 1.82) is 0 Å². The van der Waals surface area contributed by atoms with Crippen molar-refractivity contribution < 1.29 is 4.79 Å². The third kappa shape index (κ3) is 2.25. The summed E-state index contributed by atoms with van der Waals surface area (Å²) in [5.41, 5.74) is 2.16. The molecule has 0 unspecified atom stereocenters. The number of pyridine rings is 1. The van der Waals surface area contributed by atoms with Crippen LogP contribution in [0, 0.1) is 0 Å². The van der Waals surface area contributed by atoms with Gasteiger partial charge in [0, 0.05) is 22.1 Å². The lowest BCUT2D eigenvalue weighted by molar-refractivity contribution is 0.101. The minimum absolute atomic E-state index is 0.0372. The first kappa shape index (κ1) is 13.0. The molecule has 3 heteroatoms. The Balaban J connectivity index is 2.88. The van der Waals surface area contributed by atoms with Crippen molar-refractivity contribution in [2.45, 2.75) is 33.1 Å². The third-order valence-electron chi connectivity index (χ3n) is 2.94. The van der Waals surface area contributed by atoms with Crippen molar-refractivity contribution in [2.24, 2.45) is 0 Å². The molecule has 0 radical (unpaired) electrons. The molecule has 0 aliphatic carbocycles. The Hall–Kier alpha value is -1.41. The molecular formula is C15H16ClNO. The molecule has 0 fully saturated rings. The molecule has 0 aliphatic rings. The van der Waals surface area contributed by atoms with Gasteiger partial charge in [-0.25, -0.2) is 0 Å². The summed E-state index contributed by atoms with van der Waals surface area (Å²) in [5.74, 6) is 0.0372. The number of benzene rings is 1. The van der Waals surface area contributed by atoms with Gasteiger partial charge in [0.25, 0.3) is 0 Å². The molecule has 0 atom stereocenters. The van der Waals surface area contributed by atoms with E-state index in [4.69, 9.17) is 11.6 Å². The summed E-state index contributed by atoms with van der Waals surface area (Å²) < 4.78 is 0. The first-order valence-corrected chi connectivity index (χ1v) is 6.29. The Labute approximate surface area is 112 Å². The molecule has 0 amide bonds. The highest BCUT2D eigenvalue weighted by atomic mass is 35.5. The zero-order valence-corrected chi connectivity index (χ0v) is 11.8. The lowest BCUT2D eigenvalue weighted by Gasteiger charge is -2.19. The molecule has 0 N–H and O–H groups in total. The summed E-state index contributed by atoms with van der Waals surface area (Å²) in [6.07, 6.45) is 0. The second-order valence-electron chi connectivity index (χ2n) is 5.50. The topological polar surface area (TPSA) is 30.0 Å². The van der Waals surface area contributed by atoms with Crippen molar-refractivity contribution in [2.75, 3.05) is 0 Å². The summed E-state index contributed by atoms with van der Waals surface area (Å²) in [6.45, 7) is 7.79. The van der Waals surface area contributed by atoms with E-state index in [0.29, 0.717) is 16.1 Å². The highest BCUT2D eigenvalue weighted by Gasteiger charge is 2.19. The SMILES string of the molecule is CC(=O)c1cc(C(C)(C)C)nc2c(Cl)cccc12. The molecule has 0 saturated heterocycles. The number of aromatic nitrogens is 1. The van der Waals surface area contributed by atoms with E-state index in [1.807, 2.05) is 18.2 Å². The fourth-order valence-corrected chi connectivity index (χ4v) is 2.11. The van der Waals surface area contributed by atoms with Gasteiger partial charge in [-0.3, -0.25) is 9.78 Å². The number of hydrogen-bond donors (Lipinski definition) is 0. The number of nitrogens with zero attached hydrogens (tertiary/aromatic N) is 1. The van der Waals surface area contributed by atoms with Crippen LogP contribution in [0.25, 0.3) is 10.9 Å². The Kier molecular flexibility index (Phi) is 3.16. The molecule has 18 heavy (non-hydrogen) atoms. The van der Waals surface area contributed by atoms with E-state index in [0.717, 1.165) is 11.1 Å². The fraction of sp³-hybridized carbons (Fsp3) is 0.333. The summed E-state index contributed by atoms with van der Waals surface area (Å²) in [4.78, 5) is 16.4. The van der Waals surface area contributed by atoms with Gasteiger partial charge in [-0.15, -0.1) is 0 Å². The van der Waals surface area contributed by atoms with Gasteiger partial charge < -0.3 is 0 Å². The summed E-state index contributed by atoms with van der Waals surface area (Å²) in [5, 5.41) is 1.41. The predicted octanol–water partition coefficient (Wildman–Crippen LogP) is 4.39. The maximum absolute atomic E-state index is 11.8. The van der Waals surface area contributed by atoms with Crippen molar-refractivity contribution in [1.82, 2.24) is 4.98 Å². The van der Waals surface area contributed by atoms with E-state index in [2.05, 4.69) is 25.8 Å². The lowest BCUT2D eigenvalue weighted by atomic mass is 9.89. The number of ketones is 1. The van der Waals surface area contributed by atoms with E-state index in [9.17, 15) is 4.79 Å². The number of halogens is 1. The average Bonchev–Trinajstić information content (AvgIpc) is 2.27. The minimum atomic E-state index is -0.114. The minimum Gasteiger partial charge on any atom is -0.294 e. The van der Waals surface area contributed by atoms with Crippen LogP contribution < -0.4 is 0 Å². The summed E-state index contributed by atoms with van der Waals surface area (Å²) >= 11 is 6.18. The second-order valence-corrected chi connectivity index (χ2v) is 5.90. The monoisotopic (exact) mass is 261 g/mol. The molecule has 2 aromatic rings. The van der Waals surface area contributed by atoms with Crippen molar-refractivity contribution in [3.63, 3.8) is 0 Å². The molecule has 0 bridgehead atoms. The Morgan fingerprint density at radius 2 is 1.94 bits per heavy atom. The van der Waals surface area contributed by atoms with Crippen molar-refractivity contribution in [3.8, 4) is 0 Å². The van der Waals surface area contributed by atoms with E-state index in [1.165, 1.54) is 0 Å². The third-order valence-corrected chi connectivity index (χ3v) is 3.24. The van der Waals surface area contributed by atoms with Crippen molar-refractivity contribution in [3.05, 3.63) is 40.5 Å². The van der Waals surface area contributed by atoms with Gasteiger partial charge in [-0.05, 0) is 19.1 Å². The number of para-hydroxylation sites is 1. The quantitative estimate of drug-likeness (QED) is 0.713. The fourth-order valence-electron chi connectivity index (χ4n) is 1.89. The molecule has 94 valence electrons. The van der Waals surface area contributed by atoms with Gasteiger partial charge in [-0.1, -0.05) is 44.5 Å². The summed E-state index contributed by atoms with van der Waals surface area (Å²) in [6, 6.07) is 7.40. The molecule has 0 aliphatic heterocycles. The van der Waals surface area contributed by atoms with Gasteiger partial charge in [0.05, 0.1) is 10.5 Å². The molecular weight excluding hydrogens is 246 g/mol. The van der Waals surface area contributed by atoms with Gasteiger partial charge in [-0.2, -0.15) is 0 Å².